The van der Waals surface area contributed by atoms with Gasteiger partial charge in [-0.3, -0.25) is 0 Å². The lowest BCUT2D eigenvalue weighted by Gasteiger charge is -2.16. The third kappa shape index (κ3) is 2.28. The molecule has 2 aliphatic rings. The van der Waals surface area contributed by atoms with Crippen LogP contribution in [0, 0.1) is 11.8 Å². The molecule has 0 unspecified atom stereocenters. The molecule has 1 aromatic carbocycles. The second-order valence-electron chi connectivity index (χ2n) is 4.65. The fourth-order valence-corrected chi connectivity index (χ4v) is 2.46. The van der Waals surface area contributed by atoms with Gasteiger partial charge < -0.3 is 0 Å². The molecule has 0 heterocycles. The van der Waals surface area contributed by atoms with Gasteiger partial charge in [0.1, 0.15) is 0 Å². The molecule has 0 heteroatoms. The Bertz CT molecular complexity index is 499. The normalized spacial score (nSPS) is 17.8. The molecule has 0 spiro atoms. The lowest BCUT2D eigenvalue weighted by molar-refractivity contribution is 0.845. The van der Waals surface area contributed by atoms with Crippen LogP contribution in [0.3, 0.4) is 0 Å². The Labute approximate surface area is 108 Å². The van der Waals surface area contributed by atoms with E-state index in [1.807, 2.05) is 0 Å². The lowest BCUT2D eigenvalue weighted by atomic mass is 9.88. The number of hydrogen-bond donors (Lipinski definition) is 0. The van der Waals surface area contributed by atoms with E-state index in [4.69, 9.17) is 0 Å². The van der Waals surface area contributed by atoms with Crippen LogP contribution in [0.15, 0.2) is 84.5 Å². The Morgan fingerprint density at radius 3 is 1.72 bits per heavy atom. The van der Waals surface area contributed by atoms with Gasteiger partial charge in [-0.2, -0.15) is 0 Å². The van der Waals surface area contributed by atoms with Crippen LogP contribution in [0.25, 0.3) is 6.08 Å². The van der Waals surface area contributed by atoms with E-state index in [1.165, 1.54) is 11.1 Å². The van der Waals surface area contributed by atoms with Gasteiger partial charge in [0, 0.05) is 11.8 Å². The average molecular weight is 232 g/mol. The number of rotatable bonds is 3. The van der Waals surface area contributed by atoms with Crippen LogP contribution >= 0.6 is 0 Å². The van der Waals surface area contributed by atoms with E-state index in [-0.39, 0.29) is 0 Å². The number of hydrogen-bond acceptors (Lipinski definition) is 0. The van der Waals surface area contributed by atoms with Gasteiger partial charge in [-0.25, -0.2) is 0 Å². The molecule has 88 valence electrons. The van der Waals surface area contributed by atoms with Gasteiger partial charge in [-0.15, -0.1) is 0 Å². The van der Waals surface area contributed by atoms with Crippen molar-refractivity contribution in [1.82, 2.24) is 0 Å². The second-order valence-corrected chi connectivity index (χ2v) is 4.65. The van der Waals surface area contributed by atoms with Crippen molar-refractivity contribution in [2.24, 2.45) is 11.8 Å². The van der Waals surface area contributed by atoms with Crippen molar-refractivity contribution in [1.29, 1.82) is 0 Å². The predicted octanol–water partition coefficient (Wildman–Crippen LogP) is 4.55. The van der Waals surface area contributed by atoms with E-state index in [0.717, 1.165) is 0 Å². The molecule has 0 saturated heterocycles. The first-order chi connectivity index (χ1) is 8.93. The van der Waals surface area contributed by atoms with Gasteiger partial charge in [-0.05, 0) is 11.1 Å². The topological polar surface area (TPSA) is 0 Å². The smallest absolute Gasteiger partial charge is 0.0175 e. The Kier molecular flexibility index (Phi) is 3.10. The molecule has 18 heavy (non-hydrogen) atoms. The highest BCUT2D eigenvalue weighted by molar-refractivity contribution is 5.58. The maximum Gasteiger partial charge on any atom is 0.0175 e. The molecule has 0 fully saturated rings. The highest BCUT2D eigenvalue weighted by Gasteiger charge is 2.18. The van der Waals surface area contributed by atoms with Crippen molar-refractivity contribution in [3.63, 3.8) is 0 Å². The number of benzene rings is 1. The van der Waals surface area contributed by atoms with Crippen LogP contribution in [0.2, 0.25) is 0 Å². The fourth-order valence-electron chi connectivity index (χ4n) is 2.46. The third-order valence-corrected chi connectivity index (χ3v) is 3.40. The monoisotopic (exact) mass is 232 g/mol. The van der Waals surface area contributed by atoms with Crippen LogP contribution in [0.5, 0.6) is 0 Å². The van der Waals surface area contributed by atoms with E-state index in [9.17, 15) is 0 Å². The molecule has 0 aliphatic heterocycles. The summed E-state index contributed by atoms with van der Waals surface area (Å²) in [7, 11) is 0. The third-order valence-electron chi connectivity index (χ3n) is 3.40. The molecule has 0 nitrogen and oxygen atoms in total. The first-order valence-electron chi connectivity index (χ1n) is 6.40. The Morgan fingerprint density at radius 2 is 1.22 bits per heavy atom. The first-order valence-corrected chi connectivity index (χ1v) is 6.40. The van der Waals surface area contributed by atoms with Crippen LogP contribution in [-0.4, -0.2) is 0 Å². The number of allylic oxidation sites excluding steroid dienone is 9. The minimum atomic E-state index is 0.433. The average Bonchev–Trinajstić information content (AvgIpc) is 3.11. The summed E-state index contributed by atoms with van der Waals surface area (Å²) in [6.45, 7) is 0. The predicted molar refractivity (Wildman–Crippen MR) is 78.0 cm³/mol. The summed E-state index contributed by atoms with van der Waals surface area (Å²) in [4.78, 5) is 0. The molecule has 2 aliphatic carbocycles. The summed E-state index contributed by atoms with van der Waals surface area (Å²) >= 11 is 0. The summed E-state index contributed by atoms with van der Waals surface area (Å²) in [6, 6.07) is 10.5. The zero-order valence-electron chi connectivity index (χ0n) is 10.2. The Hall–Kier alpha value is -2.08. The highest BCUT2D eigenvalue weighted by Crippen LogP contribution is 2.31. The van der Waals surface area contributed by atoms with Crippen LogP contribution in [0.4, 0.5) is 0 Å². The quantitative estimate of drug-likeness (QED) is 0.717. The highest BCUT2D eigenvalue weighted by atomic mass is 14.2. The van der Waals surface area contributed by atoms with Gasteiger partial charge >= 0.3 is 0 Å². The zero-order valence-corrected chi connectivity index (χ0v) is 10.2. The first kappa shape index (κ1) is 11.0. The summed E-state index contributed by atoms with van der Waals surface area (Å²) in [5.41, 5.74) is 2.71. The largest absolute Gasteiger partial charge is 0.0735 e. The van der Waals surface area contributed by atoms with Crippen molar-refractivity contribution < 1.29 is 0 Å². The molecule has 0 N–H and O–H groups in total. The molecule has 0 amide bonds. The summed E-state index contributed by atoms with van der Waals surface area (Å²) in [6.07, 6.45) is 19.9. The molecule has 0 aromatic heterocycles. The Morgan fingerprint density at radius 1 is 0.722 bits per heavy atom. The second kappa shape index (κ2) is 5.05. The van der Waals surface area contributed by atoms with Gasteiger partial charge in [0.2, 0.25) is 0 Å². The van der Waals surface area contributed by atoms with E-state index in [0.29, 0.717) is 11.8 Å². The van der Waals surface area contributed by atoms with Gasteiger partial charge in [-0.1, -0.05) is 85.0 Å². The van der Waals surface area contributed by atoms with Crippen LogP contribution in [-0.2, 0) is 0 Å². The molecular weight excluding hydrogens is 216 g/mol. The van der Waals surface area contributed by atoms with Crippen LogP contribution < -0.4 is 0 Å². The minimum Gasteiger partial charge on any atom is -0.0735 e. The van der Waals surface area contributed by atoms with Gasteiger partial charge in [0.25, 0.3) is 0 Å². The van der Waals surface area contributed by atoms with E-state index < -0.39 is 0 Å². The van der Waals surface area contributed by atoms with Gasteiger partial charge in [0.05, 0.1) is 0 Å². The van der Waals surface area contributed by atoms with Crippen molar-refractivity contribution in [3.05, 3.63) is 90.1 Å². The SMILES string of the molecule is C1=CC(C(=Cc2ccccc2)C2C=CC=C2)C=C1. The molecule has 3 rings (SSSR count). The van der Waals surface area contributed by atoms with Crippen molar-refractivity contribution in [3.8, 4) is 0 Å². The van der Waals surface area contributed by atoms with E-state index in [2.05, 4.69) is 85.0 Å². The van der Waals surface area contributed by atoms with Crippen molar-refractivity contribution in [2.45, 2.75) is 0 Å². The molecule has 0 radical (unpaired) electrons. The summed E-state index contributed by atoms with van der Waals surface area (Å²) < 4.78 is 0. The molecule has 1 aromatic rings. The maximum atomic E-state index is 2.31. The molecular formula is C18H16. The lowest BCUT2D eigenvalue weighted by Crippen LogP contribution is -2.04. The van der Waals surface area contributed by atoms with E-state index >= 15 is 0 Å². The standard InChI is InChI=1S/C18H16/c1-2-8-15(9-3-1)14-18(16-10-4-5-11-16)17-12-6-7-13-17/h1-14,16-17H. The summed E-state index contributed by atoms with van der Waals surface area (Å²) in [5.74, 6) is 0.866. The molecule has 0 saturated carbocycles. The molecule has 0 bridgehead atoms. The van der Waals surface area contributed by atoms with Crippen LogP contribution in [0.1, 0.15) is 5.56 Å². The minimum absolute atomic E-state index is 0.433. The fraction of sp³-hybridized carbons (Fsp3) is 0.111. The molecule has 0 atom stereocenters. The van der Waals surface area contributed by atoms with E-state index in [1.54, 1.807) is 0 Å². The van der Waals surface area contributed by atoms with Crippen molar-refractivity contribution >= 4 is 6.08 Å². The van der Waals surface area contributed by atoms with Gasteiger partial charge in [0.15, 0.2) is 0 Å². The van der Waals surface area contributed by atoms with Crippen molar-refractivity contribution in [2.75, 3.05) is 0 Å². The maximum absolute atomic E-state index is 2.31. The Balaban J connectivity index is 1.97. The summed E-state index contributed by atoms with van der Waals surface area (Å²) in [5, 5.41) is 0. The zero-order chi connectivity index (χ0) is 12.2.